The molecule has 1 unspecified atom stereocenters. The molecule has 1 atom stereocenters. The normalized spacial score (nSPS) is 12.9. The Hall–Kier alpha value is -1.31. The number of aromatic nitrogens is 4. The third-order valence-corrected chi connectivity index (χ3v) is 3.88. The van der Waals surface area contributed by atoms with Gasteiger partial charge in [0, 0.05) is 6.54 Å². The first-order valence-corrected chi connectivity index (χ1v) is 6.77. The van der Waals surface area contributed by atoms with Crippen molar-refractivity contribution in [2.45, 2.75) is 39.8 Å². The number of nitrogens with zero attached hydrogens (tertiary/aromatic N) is 4. The summed E-state index contributed by atoms with van der Waals surface area (Å²) >= 11 is 1.65. The smallest absolute Gasteiger partial charge is 0.100 e. The zero-order valence-electron chi connectivity index (χ0n) is 10.8. The molecule has 3 N–H and O–H groups in total. The Morgan fingerprint density at radius 2 is 2.28 bits per heavy atom. The number of aryl methyl sites for hydroxylation is 3. The number of nitrogens with two attached hydrogens (primary N) is 1. The summed E-state index contributed by atoms with van der Waals surface area (Å²) < 4.78 is 1.89. The van der Waals surface area contributed by atoms with Crippen LogP contribution >= 0.6 is 11.3 Å². The Morgan fingerprint density at radius 3 is 2.83 bits per heavy atom. The molecule has 2 rings (SSSR count). The summed E-state index contributed by atoms with van der Waals surface area (Å²) in [5.74, 6) is 5.70. The fraction of sp³-hybridized carbons (Fsp3) is 0.545. The molecular formula is C11H18N6S. The molecule has 18 heavy (non-hydrogen) atoms. The standard InChI is InChI=1S/C11H18N6S/c1-4-5-17-9(6-13-16-17)10(15-12)11-7(2)14-8(3)18-11/h6,10,15H,4-5,12H2,1-3H3. The molecule has 0 aliphatic rings. The molecule has 0 amide bonds. The van der Waals surface area contributed by atoms with Gasteiger partial charge >= 0.3 is 0 Å². The quantitative estimate of drug-likeness (QED) is 0.630. The Morgan fingerprint density at radius 1 is 1.50 bits per heavy atom. The van der Waals surface area contributed by atoms with E-state index in [4.69, 9.17) is 5.84 Å². The minimum Gasteiger partial charge on any atom is -0.270 e. The van der Waals surface area contributed by atoms with Gasteiger partial charge in [-0.3, -0.25) is 5.84 Å². The predicted molar refractivity (Wildman–Crippen MR) is 71.1 cm³/mol. The van der Waals surface area contributed by atoms with Gasteiger partial charge in [0.15, 0.2) is 0 Å². The molecular weight excluding hydrogens is 248 g/mol. The van der Waals surface area contributed by atoms with Gasteiger partial charge < -0.3 is 0 Å². The maximum atomic E-state index is 5.70. The molecule has 0 aliphatic carbocycles. The van der Waals surface area contributed by atoms with Crippen LogP contribution in [-0.4, -0.2) is 20.0 Å². The lowest BCUT2D eigenvalue weighted by Gasteiger charge is -2.15. The van der Waals surface area contributed by atoms with Gasteiger partial charge in [0.05, 0.1) is 27.5 Å². The van der Waals surface area contributed by atoms with E-state index in [-0.39, 0.29) is 6.04 Å². The molecule has 6 nitrogen and oxygen atoms in total. The highest BCUT2D eigenvalue weighted by molar-refractivity contribution is 7.11. The average molecular weight is 266 g/mol. The molecule has 2 aromatic rings. The Labute approximate surface area is 110 Å². The van der Waals surface area contributed by atoms with Crippen LogP contribution in [0.25, 0.3) is 0 Å². The lowest BCUT2D eigenvalue weighted by molar-refractivity contribution is 0.514. The van der Waals surface area contributed by atoms with Gasteiger partial charge in [-0.25, -0.2) is 15.1 Å². The van der Waals surface area contributed by atoms with E-state index in [1.165, 1.54) is 0 Å². The average Bonchev–Trinajstić information content (AvgIpc) is 2.89. The fourth-order valence-electron chi connectivity index (χ4n) is 1.99. The SMILES string of the molecule is CCCn1nncc1C(NN)c1sc(C)nc1C. The van der Waals surface area contributed by atoms with Crippen LogP contribution in [0.3, 0.4) is 0 Å². The van der Waals surface area contributed by atoms with Gasteiger partial charge in [0.2, 0.25) is 0 Å². The molecule has 98 valence electrons. The first-order chi connectivity index (χ1) is 8.67. The van der Waals surface area contributed by atoms with Crippen molar-refractivity contribution in [3.63, 3.8) is 0 Å². The number of rotatable bonds is 5. The van der Waals surface area contributed by atoms with Gasteiger partial charge in [-0.1, -0.05) is 12.1 Å². The highest BCUT2D eigenvalue weighted by atomic mass is 32.1. The first-order valence-electron chi connectivity index (χ1n) is 5.95. The summed E-state index contributed by atoms with van der Waals surface area (Å²) in [4.78, 5) is 5.56. The van der Waals surface area contributed by atoms with E-state index in [1.807, 2.05) is 18.5 Å². The van der Waals surface area contributed by atoms with Crippen LogP contribution in [0.15, 0.2) is 6.20 Å². The fourth-order valence-corrected chi connectivity index (χ4v) is 2.99. The molecule has 2 heterocycles. The van der Waals surface area contributed by atoms with Gasteiger partial charge in [0.25, 0.3) is 0 Å². The second-order valence-corrected chi connectivity index (χ2v) is 5.40. The molecule has 0 saturated carbocycles. The molecule has 0 bridgehead atoms. The van der Waals surface area contributed by atoms with E-state index in [2.05, 4.69) is 27.6 Å². The zero-order valence-corrected chi connectivity index (χ0v) is 11.7. The van der Waals surface area contributed by atoms with Crippen LogP contribution < -0.4 is 11.3 Å². The third kappa shape index (κ3) is 2.43. The Kier molecular flexibility index (Phi) is 4.05. The number of thiazole rings is 1. The monoisotopic (exact) mass is 266 g/mol. The van der Waals surface area contributed by atoms with Crippen LogP contribution in [0.5, 0.6) is 0 Å². The lowest BCUT2D eigenvalue weighted by atomic mass is 10.1. The van der Waals surface area contributed by atoms with E-state index in [1.54, 1.807) is 17.5 Å². The summed E-state index contributed by atoms with van der Waals surface area (Å²) in [6.07, 6.45) is 2.77. The summed E-state index contributed by atoms with van der Waals surface area (Å²) in [7, 11) is 0. The van der Waals surface area contributed by atoms with Crippen molar-refractivity contribution in [2.24, 2.45) is 5.84 Å². The molecule has 0 aliphatic heterocycles. The topological polar surface area (TPSA) is 81.7 Å². The summed E-state index contributed by atoms with van der Waals surface area (Å²) in [5, 5.41) is 9.10. The molecule has 0 spiro atoms. The molecule has 2 aromatic heterocycles. The summed E-state index contributed by atoms with van der Waals surface area (Å²) in [6.45, 7) is 6.94. The maximum absolute atomic E-state index is 5.70. The number of hydrogen-bond acceptors (Lipinski definition) is 6. The van der Waals surface area contributed by atoms with Crippen molar-refractivity contribution in [3.8, 4) is 0 Å². The second kappa shape index (κ2) is 5.55. The van der Waals surface area contributed by atoms with Gasteiger partial charge in [-0.15, -0.1) is 16.4 Å². The van der Waals surface area contributed by atoms with Crippen molar-refractivity contribution in [1.29, 1.82) is 0 Å². The second-order valence-electron chi connectivity index (χ2n) is 4.16. The van der Waals surface area contributed by atoms with Gasteiger partial charge in [0.1, 0.15) is 6.04 Å². The highest BCUT2D eigenvalue weighted by Crippen LogP contribution is 2.28. The van der Waals surface area contributed by atoms with E-state index in [0.29, 0.717) is 0 Å². The molecule has 7 heteroatoms. The van der Waals surface area contributed by atoms with E-state index < -0.39 is 0 Å². The minimum absolute atomic E-state index is 0.0993. The van der Waals surface area contributed by atoms with Crippen LogP contribution in [-0.2, 0) is 6.54 Å². The van der Waals surface area contributed by atoms with E-state index in [9.17, 15) is 0 Å². The highest BCUT2D eigenvalue weighted by Gasteiger charge is 2.22. The van der Waals surface area contributed by atoms with Crippen molar-refractivity contribution >= 4 is 11.3 Å². The summed E-state index contributed by atoms with van der Waals surface area (Å²) in [5.41, 5.74) is 4.83. The maximum Gasteiger partial charge on any atom is 0.100 e. The van der Waals surface area contributed by atoms with Crippen molar-refractivity contribution in [1.82, 2.24) is 25.4 Å². The third-order valence-electron chi connectivity index (χ3n) is 2.75. The first kappa shape index (κ1) is 13.1. The van der Waals surface area contributed by atoms with Crippen LogP contribution in [0.2, 0.25) is 0 Å². The van der Waals surface area contributed by atoms with Crippen molar-refractivity contribution < 1.29 is 0 Å². The Balaban J connectivity index is 2.39. The largest absolute Gasteiger partial charge is 0.270 e. The van der Waals surface area contributed by atoms with Gasteiger partial charge in [-0.05, 0) is 20.3 Å². The zero-order chi connectivity index (χ0) is 13.1. The molecule has 0 aromatic carbocycles. The lowest BCUT2D eigenvalue weighted by Crippen LogP contribution is -2.30. The number of nitrogens with one attached hydrogen (secondary N) is 1. The number of hydrazine groups is 1. The van der Waals surface area contributed by atoms with E-state index in [0.717, 1.165) is 34.2 Å². The molecule has 0 radical (unpaired) electrons. The Bertz CT molecular complexity index is 517. The minimum atomic E-state index is -0.0993. The van der Waals surface area contributed by atoms with Gasteiger partial charge in [-0.2, -0.15) is 0 Å². The molecule has 0 saturated heterocycles. The van der Waals surface area contributed by atoms with Crippen LogP contribution in [0, 0.1) is 13.8 Å². The van der Waals surface area contributed by atoms with E-state index >= 15 is 0 Å². The van der Waals surface area contributed by atoms with Crippen LogP contribution in [0.1, 0.15) is 40.7 Å². The predicted octanol–water partition coefficient (Wildman–Crippen LogP) is 1.31. The van der Waals surface area contributed by atoms with Crippen molar-refractivity contribution in [2.75, 3.05) is 0 Å². The van der Waals surface area contributed by atoms with Crippen LogP contribution in [0.4, 0.5) is 0 Å². The molecule has 0 fully saturated rings. The summed E-state index contributed by atoms with van der Waals surface area (Å²) in [6, 6.07) is -0.0993. The van der Waals surface area contributed by atoms with Crippen molar-refractivity contribution in [3.05, 3.63) is 27.5 Å². The number of hydrogen-bond donors (Lipinski definition) is 2.